The van der Waals surface area contributed by atoms with E-state index >= 15 is 0 Å². The van der Waals surface area contributed by atoms with Crippen molar-refractivity contribution in [1.82, 2.24) is 9.97 Å². The number of halogens is 1. The number of aromatic nitrogens is 2. The maximum Gasteiger partial charge on any atom is 0.323 e. The van der Waals surface area contributed by atoms with Crippen molar-refractivity contribution in [2.45, 2.75) is 0 Å². The molecule has 3 rings (SSSR count). The number of H-pyrrole nitrogens is 2. The first-order chi connectivity index (χ1) is 10.6. The number of imidazole rings is 1. The fraction of sp³-hybridized carbons (Fsp3) is 0. The van der Waals surface area contributed by atoms with Crippen LogP contribution in [0.2, 0.25) is 0 Å². The molecule has 0 aliphatic rings. The number of rotatable bonds is 3. The van der Waals surface area contributed by atoms with E-state index in [1.807, 2.05) is 24.3 Å². The van der Waals surface area contributed by atoms with E-state index in [4.69, 9.17) is 0 Å². The van der Waals surface area contributed by atoms with Crippen LogP contribution in [0.5, 0.6) is 0 Å². The highest BCUT2D eigenvalue weighted by molar-refractivity contribution is 9.10. The first-order valence-corrected chi connectivity index (χ1v) is 7.36. The molecule has 0 unspecified atom stereocenters. The maximum absolute atomic E-state index is 11.9. The molecule has 0 saturated heterocycles. The van der Waals surface area contributed by atoms with Crippen LogP contribution in [-0.2, 0) is 4.79 Å². The molecule has 110 valence electrons. The summed E-state index contributed by atoms with van der Waals surface area (Å²) in [6.07, 6.45) is 3.20. The van der Waals surface area contributed by atoms with E-state index in [1.54, 1.807) is 24.3 Å². The number of nitrogens with one attached hydrogen (secondary N) is 3. The van der Waals surface area contributed by atoms with E-state index in [-0.39, 0.29) is 11.6 Å². The molecule has 3 aromatic rings. The summed E-state index contributed by atoms with van der Waals surface area (Å²) in [5.74, 6) is -0.236. The topological polar surface area (TPSA) is 77.8 Å². The summed E-state index contributed by atoms with van der Waals surface area (Å²) < 4.78 is 0.989. The van der Waals surface area contributed by atoms with Crippen LogP contribution >= 0.6 is 15.9 Å². The Morgan fingerprint density at radius 2 is 1.77 bits per heavy atom. The number of anilines is 1. The van der Waals surface area contributed by atoms with Gasteiger partial charge in [0.05, 0.1) is 11.0 Å². The second-order valence-corrected chi connectivity index (χ2v) is 5.63. The van der Waals surface area contributed by atoms with Crippen molar-refractivity contribution in [3.05, 3.63) is 69.1 Å². The second-order valence-electron chi connectivity index (χ2n) is 4.71. The van der Waals surface area contributed by atoms with Gasteiger partial charge in [0.2, 0.25) is 5.91 Å². The molecule has 0 aliphatic heterocycles. The Morgan fingerprint density at radius 3 is 2.55 bits per heavy atom. The zero-order valence-electron chi connectivity index (χ0n) is 11.4. The van der Waals surface area contributed by atoms with Crippen LogP contribution in [0.4, 0.5) is 5.69 Å². The maximum atomic E-state index is 11.9. The Labute approximate surface area is 134 Å². The van der Waals surface area contributed by atoms with Crippen LogP contribution in [0.3, 0.4) is 0 Å². The molecule has 0 radical (unpaired) electrons. The summed E-state index contributed by atoms with van der Waals surface area (Å²) >= 11 is 3.36. The molecule has 22 heavy (non-hydrogen) atoms. The molecule has 0 fully saturated rings. The summed E-state index contributed by atoms with van der Waals surface area (Å²) in [7, 11) is 0. The van der Waals surface area contributed by atoms with Gasteiger partial charge in [-0.05, 0) is 42.0 Å². The van der Waals surface area contributed by atoms with Gasteiger partial charge in [0, 0.05) is 16.2 Å². The SMILES string of the molecule is O=C(C=Cc1ccc(Br)cc1)Nc1ccc2[nH]c(=O)[nH]c2c1. The van der Waals surface area contributed by atoms with E-state index in [0.717, 1.165) is 10.0 Å². The molecule has 6 heteroatoms. The molecule has 3 N–H and O–H groups in total. The monoisotopic (exact) mass is 357 g/mol. The van der Waals surface area contributed by atoms with Gasteiger partial charge in [-0.25, -0.2) is 4.79 Å². The van der Waals surface area contributed by atoms with Gasteiger partial charge >= 0.3 is 5.69 Å². The number of carbonyl (C=O) groups is 1. The lowest BCUT2D eigenvalue weighted by Crippen LogP contribution is -2.07. The first kappa shape index (κ1) is 14.3. The average molecular weight is 358 g/mol. The Balaban J connectivity index is 1.72. The fourth-order valence-electron chi connectivity index (χ4n) is 2.04. The van der Waals surface area contributed by atoms with Gasteiger partial charge in [0.15, 0.2) is 0 Å². The molecule has 0 bridgehead atoms. The van der Waals surface area contributed by atoms with Crippen molar-refractivity contribution in [1.29, 1.82) is 0 Å². The lowest BCUT2D eigenvalue weighted by Gasteiger charge is -2.02. The molecular formula is C16H12BrN3O2. The predicted molar refractivity (Wildman–Crippen MR) is 90.7 cm³/mol. The van der Waals surface area contributed by atoms with Gasteiger partial charge in [-0.3, -0.25) is 4.79 Å². The zero-order valence-corrected chi connectivity index (χ0v) is 13.0. The summed E-state index contributed by atoms with van der Waals surface area (Å²) in [4.78, 5) is 28.4. The van der Waals surface area contributed by atoms with E-state index < -0.39 is 0 Å². The molecular weight excluding hydrogens is 346 g/mol. The van der Waals surface area contributed by atoms with Gasteiger partial charge in [0.1, 0.15) is 0 Å². The summed E-state index contributed by atoms with van der Waals surface area (Å²) in [6.45, 7) is 0. The molecule has 0 spiro atoms. The molecule has 1 amide bonds. The number of benzene rings is 2. The molecule has 5 nitrogen and oxygen atoms in total. The Bertz CT molecular complexity index is 907. The van der Waals surface area contributed by atoms with Crippen molar-refractivity contribution >= 4 is 44.6 Å². The van der Waals surface area contributed by atoms with E-state index in [0.29, 0.717) is 16.7 Å². The molecule has 0 atom stereocenters. The van der Waals surface area contributed by atoms with E-state index in [1.165, 1.54) is 6.08 Å². The minimum atomic E-state index is -0.270. The fourth-order valence-corrected chi connectivity index (χ4v) is 2.30. The van der Waals surface area contributed by atoms with Crippen molar-refractivity contribution < 1.29 is 4.79 Å². The lowest BCUT2D eigenvalue weighted by atomic mass is 10.2. The normalized spacial score (nSPS) is 11.1. The molecule has 1 heterocycles. The molecule has 2 aromatic carbocycles. The van der Waals surface area contributed by atoms with Gasteiger partial charge in [-0.1, -0.05) is 28.1 Å². The van der Waals surface area contributed by atoms with Crippen molar-refractivity contribution in [2.75, 3.05) is 5.32 Å². The molecule has 1 aromatic heterocycles. The Kier molecular flexibility index (Phi) is 3.93. The van der Waals surface area contributed by atoms with Crippen molar-refractivity contribution in [3.63, 3.8) is 0 Å². The minimum absolute atomic E-state index is 0.236. The lowest BCUT2D eigenvalue weighted by molar-refractivity contribution is -0.111. The average Bonchev–Trinajstić information content (AvgIpc) is 2.86. The number of hydrogen-bond donors (Lipinski definition) is 3. The van der Waals surface area contributed by atoms with Crippen molar-refractivity contribution in [3.8, 4) is 0 Å². The molecule has 0 aliphatic carbocycles. The second kappa shape index (κ2) is 6.03. The third-order valence-electron chi connectivity index (χ3n) is 3.08. The van der Waals surface area contributed by atoms with Gasteiger partial charge in [-0.2, -0.15) is 0 Å². The first-order valence-electron chi connectivity index (χ1n) is 6.57. The smallest absolute Gasteiger partial charge is 0.322 e. The van der Waals surface area contributed by atoms with Crippen LogP contribution < -0.4 is 11.0 Å². The third-order valence-corrected chi connectivity index (χ3v) is 3.61. The van der Waals surface area contributed by atoms with Crippen LogP contribution in [0.1, 0.15) is 5.56 Å². The Morgan fingerprint density at radius 1 is 1.05 bits per heavy atom. The highest BCUT2D eigenvalue weighted by Crippen LogP contribution is 2.15. The van der Waals surface area contributed by atoms with Gasteiger partial charge < -0.3 is 15.3 Å². The summed E-state index contributed by atoms with van der Waals surface area (Å²) in [5.41, 5.74) is 2.64. The third kappa shape index (κ3) is 3.35. The van der Waals surface area contributed by atoms with Gasteiger partial charge in [0.25, 0.3) is 0 Å². The van der Waals surface area contributed by atoms with Crippen molar-refractivity contribution in [2.24, 2.45) is 0 Å². The number of amides is 1. The summed E-state index contributed by atoms with van der Waals surface area (Å²) in [5, 5.41) is 2.75. The highest BCUT2D eigenvalue weighted by atomic mass is 79.9. The summed E-state index contributed by atoms with van der Waals surface area (Å²) in [6, 6.07) is 12.8. The quantitative estimate of drug-likeness (QED) is 0.629. The minimum Gasteiger partial charge on any atom is -0.322 e. The van der Waals surface area contributed by atoms with Crippen LogP contribution in [0, 0.1) is 0 Å². The number of aromatic amines is 2. The largest absolute Gasteiger partial charge is 0.323 e. The van der Waals surface area contributed by atoms with E-state index in [9.17, 15) is 9.59 Å². The number of carbonyl (C=O) groups excluding carboxylic acids is 1. The Hall–Kier alpha value is -2.60. The van der Waals surface area contributed by atoms with Crippen LogP contribution in [-0.4, -0.2) is 15.9 Å². The van der Waals surface area contributed by atoms with Gasteiger partial charge in [-0.15, -0.1) is 0 Å². The zero-order chi connectivity index (χ0) is 15.5. The van der Waals surface area contributed by atoms with E-state index in [2.05, 4.69) is 31.2 Å². The predicted octanol–water partition coefficient (Wildman–Crippen LogP) is 3.27. The number of fused-ring (bicyclic) bond motifs is 1. The van der Waals surface area contributed by atoms with Crippen LogP contribution in [0.15, 0.2) is 57.8 Å². The standard InChI is InChI=1S/C16H12BrN3O2/c17-11-4-1-10(2-5-11)3-8-15(21)18-12-6-7-13-14(9-12)20-16(22)19-13/h1-9H,(H,18,21)(H2,19,20,22). The van der Waals surface area contributed by atoms with Crippen LogP contribution in [0.25, 0.3) is 17.1 Å². The highest BCUT2D eigenvalue weighted by Gasteiger charge is 2.02. The number of hydrogen-bond acceptors (Lipinski definition) is 2. The molecule has 0 saturated carbocycles.